The number of carbonyl (C=O) groups excluding carboxylic acids is 1. The first-order valence-corrected chi connectivity index (χ1v) is 8.63. The topological polar surface area (TPSA) is 41.1 Å². The fourth-order valence-corrected chi connectivity index (χ4v) is 3.35. The molecular weight excluding hydrogens is 308 g/mol. The SMILES string of the molecule is CC(C)C(NC(=O)CC(C)C1CCCNC1)c1ccccc1.Cl. The van der Waals surface area contributed by atoms with Gasteiger partial charge in [-0.3, -0.25) is 4.79 Å². The lowest BCUT2D eigenvalue weighted by Crippen LogP contribution is -2.37. The Morgan fingerprint density at radius 1 is 1.26 bits per heavy atom. The van der Waals surface area contributed by atoms with E-state index in [0.29, 0.717) is 24.2 Å². The van der Waals surface area contributed by atoms with Crippen LogP contribution in [-0.4, -0.2) is 19.0 Å². The van der Waals surface area contributed by atoms with E-state index in [1.54, 1.807) is 0 Å². The Labute approximate surface area is 147 Å². The molecule has 0 saturated carbocycles. The molecular formula is C19H31ClN2O. The first kappa shape index (κ1) is 20.0. The number of rotatable bonds is 6. The highest BCUT2D eigenvalue weighted by Crippen LogP contribution is 2.25. The van der Waals surface area contributed by atoms with Crippen LogP contribution in [0.25, 0.3) is 0 Å². The van der Waals surface area contributed by atoms with Gasteiger partial charge in [-0.1, -0.05) is 51.1 Å². The minimum atomic E-state index is 0. The van der Waals surface area contributed by atoms with E-state index < -0.39 is 0 Å². The minimum absolute atomic E-state index is 0. The van der Waals surface area contributed by atoms with Gasteiger partial charge in [0.2, 0.25) is 5.91 Å². The van der Waals surface area contributed by atoms with Crippen molar-refractivity contribution in [1.82, 2.24) is 10.6 Å². The Hall–Kier alpha value is -1.06. The minimum Gasteiger partial charge on any atom is -0.349 e. The average Bonchev–Trinajstić information content (AvgIpc) is 2.54. The van der Waals surface area contributed by atoms with Gasteiger partial charge in [-0.2, -0.15) is 0 Å². The normalized spacial score (nSPS) is 20.4. The number of piperidine rings is 1. The predicted octanol–water partition coefficient (Wildman–Crippen LogP) is 3.95. The Morgan fingerprint density at radius 2 is 1.96 bits per heavy atom. The van der Waals surface area contributed by atoms with Crippen molar-refractivity contribution < 1.29 is 4.79 Å². The van der Waals surface area contributed by atoms with Gasteiger partial charge in [0.15, 0.2) is 0 Å². The monoisotopic (exact) mass is 338 g/mol. The van der Waals surface area contributed by atoms with Gasteiger partial charge in [-0.15, -0.1) is 12.4 Å². The predicted molar refractivity (Wildman–Crippen MR) is 98.8 cm³/mol. The first-order chi connectivity index (χ1) is 10.6. The van der Waals surface area contributed by atoms with Gasteiger partial charge < -0.3 is 10.6 Å². The van der Waals surface area contributed by atoms with Crippen LogP contribution >= 0.6 is 12.4 Å². The van der Waals surface area contributed by atoms with Crippen LogP contribution in [0.3, 0.4) is 0 Å². The van der Waals surface area contributed by atoms with Crippen LogP contribution in [0.2, 0.25) is 0 Å². The molecule has 1 saturated heterocycles. The molecule has 23 heavy (non-hydrogen) atoms. The highest BCUT2D eigenvalue weighted by atomic mass is 35.5. The number of nitrogens with one attached hydrogen (secondary N) is 2. The Balaban J connectivity index is 0.00000264. The standard InChI is InChI=1S/C19H30N2O.ClH/c1-14(2)19(16-8-5-4-6-9-16)21-18(22)12-15(3)17-10-7-11-20-13-17;/h4-6,8-9,14-15,17,19-20H,7,10-13H2,1-3H3,(H,21,22);1H. The van der Waals surface area contributed by atoms with Crippen molar-refractivity contribution in [3.63, 3.8) is 0 Å². The smallest absolute Gasteiger partial charge is 0.220 e. The zero-order valence-corrected chi connectivity index (χ0v) is 15.4. The molecule has 3 unspecified atom stereocenters. The van der Waals surface area contributed by atoms with E-state index in [9.17, 15) is 4.79 Å². The Morgan fingerprint density at radius 3 is 2.52 bits per heavy atom. The van der Waals surface area contributed by atoms with Gasteiger partial charge in [0.1, 0.15) is 0 Å². The lowest BCUT2D eigenvalue weighted by Gasteiger charge is -2.29. The zero-order valence-electron chi connectivity index (χ0n) is 14.5. The van der Waals surface area contributed by atoms with Gasteiger partial charge in [-0.05, 0) is 49.2 Å². The molecule has 0 radical (unpaired) electrons. The average molecular weight is 339 g/mol. The van der Waals surface area contributed by atoms with Crippen LogP contribution in [0, 0.1) is 17.8 Å². The van der Waals surface area contributed by atoms with Crippen molar-refractivity contribution in [2.45, 2.75) is 46.1 Å². The molecule has 1 heterocycles. The number of halogens is 1. The molecule has 1 aromatic carbocycles. The molecule has 2 N–H and O–H groups in total. The molecule has 1 aliphatic rings. The van der Waals surface area contributed by atoms with Crippen molar-refractivity contribution >= 4 is 18.3 Å². The van der Waals surface area contributed by atoms with Crippen molar-refractivity contribution in [2.75, 3.05) is 13.1 Å². The van der Waals surface area contributed by atoms with Crippen molar-refractivity contribution in [3.8, 4) is 0 Å². The zero-order chi connectivity index (χ0) is 15.9. The molecule has 3 nitrogen and oxygen atoms in total. The fourth-order valence-electron chi connectivity index (χ4n) is 3.35. The van der Waals surface area contributed by atoms with E-state index in [1.165, 1.54) is 18.4 Å². The summed E-state index contributed by atoms with van der Waals surface area (Å²) in [6.07, 6.45) is 3.10. The fraction of sp³-hybridized carbons (Fsp3) is 0.632. The van der Waals surface area contributed by atoms with Crippen LogP contribution < -0.4 is 10.6 Å². The lowest BCUT2D eigenvalue weighted by molar-refractivity contribution is -0.123. The highest BCUT2D eigenvalue weighted by molar-refractivity contribution is 5.85. The summed E-state index contributed by atoms with van der Waals surface area (Å²) >= 11 is 0. The van der Waals surface area contributed by atoms with Gasteiger partial charge >= 0.3 is 0 Å². The largest absolute Gasteiger partial charge is 0.349 e. The van der Waals surface area contributed by atoms with Crippen molar-refractivity contribution in [1.29, 1.82) is 0 Å². The van der Waals surface area contributed by atoms with E-state index in [0.717, 1.165) is 13.1 Å². The maximum absolute atomic E-state index is 12.5. The quantitative estimate of drug-likeness (QED) is 0.824. The Bertz CT molecular complexity index is 458. The second-order valence-corrected chi connectivity index (χ2v) is 6.99. The van der Waals surface area contributed by atoms with Crippen molar-refractivity contribution in [3.05, 3.63) is 35.9 Å². The number of carbonyl (C=O) groups is 1. The first-order valence-electron chi connectivity index (χ1n) is 8.63. The molecule has 1 aromatic rings. The molecule has 3 atom stereocenters. The van der Waals surface area contributed by atoms with Gasteiger partial charge in [0.25, 0.3) is 0 Å². The van der Waals surface area contributed by atoms with E-state index in [1.807, 2.05) is 18.2 Å². The number of hydrogen-bond donors (Lipinski definition) is 2. The van der Waals surface area contributed by atoms with Crippen LogP contribution in [0.5, 0.6) is 0 Å². The number of benzene rings is 1. The van der Waals surface area contributed by atoms with E-state index in [2.05, 4.69) is 43.5 Å². The number of amides is 1. The summed E-state index contributed by atoms with van der Waals surface area (Å²) in [5.74, 6) is 1.64. The van der Waals surface area contributed by atoms with Crippen LogP contribution in [0.15, 0.2) is 30.3 Å². The molecule has 1 aliphatic heterocycles. The molecule has 2 rings (SSSR count). The summed E-state index contributed by atoms with van der Waals surface area (Å²) in [4.78, 5) is 12.5. The molecule has 0 spiro atoms. The third-order valence-corrected chi connectivity index (χ3v) is 4.79. The molecule has 0 bridgehead atoms. The van der Waals surface area contributed by atoms with E-state index >= 15 is 0 Å². The molecule has 1 fully saturated rings. The van der Waals surface area contributed by atoms with Gasteiger partial charge in [0.05, 0.1) is 6.04 Å². The summed E-state index contributed by atoms with van der Waals surface area (Å²) in [7, 11) is 0. The molecule has 130 valence electrons. The Kier molecular flexibility index (Phi) is 8.64. The van der Waals surface area contributed by atoms with Gasteiger partial charge in [0, 0.05) is 6.42 Å². The second-order valence-electron chi connectivity index (χ2n) is 6.99. The van der Waals surface area contributed by atoms with Crippen LogP contribution in [0.4, 0.5) is 0 Å². The summed E-state index contributed by atoms with van der Waals surface area (Å²) in [6.45, 7) is 8.71. The maximum Gasteiger partial charge on any atom is 0.220 e. The molecule has 4 heteroatoms. The highest BCUT2D eigenvalue weighted by Gasteiger charge is 2.24. The van der Waals surface area contributed by atoms with E-state index in [4.69, 9.17) is 0 Å². The summed E-state index contributed by atoms with van der Waals surface area (Å²) < 4.78 is 0. The molecule has 1 amide bonds. The summed E-state index contributed by atoms with van der Waals surface area (Å²) in [5, 5.41) is 6.69. The van der Waals surface area contributed by atoms with E-state index in [-0.39, 0.29) is 24.4 Å². The lowest BCUT2D eigenvalue weighted by atomic mass is 9.85. The summed E-state index contributed by atoms with van der Waals surface area (Å²) in [5.41, 5.74) is 1.19. The summed E-state index contributed by atoms with van der Waals surface area (Å²) in [6, 6.07) is 10.4. The molecule has 0 aliphatic carbocycles. The third-order valence-electron chi connectivity index (χ3n) is 4.79. The van der Waals surface area contributed by atoms with Crippen molar-refractivity contribution in [2.24, 2.45) is 17.8 Å². The second kappa shape index (κ2) is 9.94. The maximum atomic E-state index is 12.5. The number of hydrogen-bond acceptors (Lipinski definition) is 2. The third kappa shape index (κ3) is 6.15. The van der Waals surface area contributed by atoms with Gasteiger partial charge in [-0.25, -0.2) is 0 Å². The van der Waals surface area contributed by atoms with Crippen LogP contribution in [-0.2, 0) is 4.79 Å². The molecule has 0 aromatic heterocycles. The van der Waals surface area contributed by atoms with Crippen LogP contribution in [0.1, 0.15) is 51.6 Å².